The summed E-state index contributed by atoms with van der Waals surface area (Å²) < 4.78 is 51.7. The normalized spacial score (nSPS) is 11.5. The number of halogens is 3. The SMILES string of the molecule is COC(=O)c1cc(C)nc2c1c(=O)n(Cc1cccc(C(F)(F)F)c1)c(=O)n2-c1cccc(OC)c1. The summed E-state index contributed by atoms with van der Waals surface area (Å²) in [5.41, 5.74) is -2.20. The molecule has 0 atom stereocenters. The molecule has 0 saturated carbocycles. The lowest BCUT2D eigenvalue weighted by Crippen LogP contribution is -2.41. The van der Waals surface area contributed by atoms with Crippen LogP contribution in [-0.4, -0.2) is 34.3 Å². The Morgan fingerprint density at radius 1 is 1.03 bits per heavy atom. The number of aromatic nitrogens is 3. The van der Waals surface area contributed by atoms with E-state index in [1.165, 1.54) is 31.4 Å². The summed E-state index contributed by atoms with van der Waals surface area (Å²) in [4.78, 5) is 44.1. The number of carbonyl (C=O) groups excluding carboxylic acids is 1. The van der Waals surface area contributed by atoms with E-state index in [0.29, 0.717) is 11.4 Å². The predicted octanol–water partition coefficient (Wildman–Crippen LogP) is 3.72. The maximum absolute atomic E-state index is 13.7. The van der Waals surface area contributed by atoms with Crippen LogP contribution in [0.25, 0.3) is 16.7 Å². The fourth-order valence-corrected chi connectivity index (χ4v) is 3.88. The maximum atomic E-state index is 13.7. The molecule has 8 nitrogen and oxygen atoms in total. The number of benzene rings is 2. The maximum Gasteiger partial charge on any atom is 0.416 e. The Balaban J connectivity index is 2.09. The van der Waals surface area contributed by atoms with Gasteiger partial charge in [-0.05, 0) is 42.8 Å². The zero-order chi connectivity index (χ0) is 26.2. The Labute approximate surface area is 202 Å². The van der Waals surface area contributed by atoms with Gasteiger partial charge in [-0.2, -0.15) is 13.2 Å². The van der Waals surface area contributed by atoms with E-state index < -0.39 is 35.5 Å². The predicted molar refractivity (Wildman–Crippen MR) is 125 cm³/mol. The van der Waals surface area contributed by atoms with Crippen LogP contribution in [0.15, 0.2) is 64.2 Å². The fraction of sp³-hybridized carbons (Fsp3) is 0.200. The Hall–Kier alpha value is -4.41. The number of methoxy groups -OCH3 is 2. The smallest absolute Gasteiger partial charge is 0.416 e. The molecule has 0 fully saturated rings. The van der Waals surface area contributed by atoms with Gasteiger partial charge in [0.15, 0.2) is 5.65 Å². The topological polar surface area (TPSA) is 92.4 Å². The fourth-order valence-electron chi connectivity index (χ4n) is 3.88. The van der Waals surface area contributed by atoms with Gasteiger partial charge in [-0.3, -0.25) is 9.36 Å². The monoisotopic (exact) mass is 499 g/mol. The van der Waals surface area contributed by atoms with Crippen LogP contribution in [0.5, 0.6) is 5.75 Å². The van der Waals surface area contributed by atoms with Crippen molar-refractivity contribution in [2.75, 3.05) is 14.2 Å². The number of carbonyl (C=O) groups is 1. The molecule has 0 aliphatic heterocycles. The van der Waals surface area contributed by atoms with Crippen LogP contribution in [0.1, 0.15) is 27.2 Å². The van der Waals surface area contributed by atoms with Crippen molar-refractivity contribution >= 4 is 17.0 Å². The van der Waals surface area contributed by atoms with Crippen molar-refractivity contribution in [3.05, 3.63) is 97.8 Å². The van der Waals surface area contributed by atoms with Gasteiger partial charge in [0.2, 0.25) is 0 Å². The minimum atomic E-state index is -4.61. The first-order valence-corrected chi connectivity index (χ1v) is 10.6. The highest BCUT2D eigenvalue weighted by Crippen LogP contribution is 2.29. The van der Waals surface area contributed by atoms with Gasteiger partial charge in [0, 0.05) is 11.8 Å². The quantitative estimate of drug-likeness (QED) is 0.389. The van der Waals surface area contributed by atoms with Crippen molar-refractivity contribution in [1.29, 1.82) is 0 Å². The van der Waals surface area contributed by atoms with Gasteiger partial charge in [0.05, 0.1) is 43.0 Å². The summed E-state index contributed by atoms with van der Waals surface area (Å²) in [5, 5.41) is -0.207. The van der Waals surface area contributed by atoms with Crippen molar-refractivity contribution in [3.63, 3.8) is 0 Å². The number of ether oxygens (including phenoxy) is 2. The molecule has 0 aliphatic rings. The number of nitrogens with zero attached hydrogens (tertiary/aromatic N) is 3. The van der Waals surface area contributed by atoms with Crippen molar-refractivity contribution in [2.24, 2.45) is 0 Å². The Bertz CT molecular complexity index is 1610. The molecular formula is C25H20F3N3O5. The molecule has 0 amide bonds. The van der Waals surface area contributed by atoms with Crippen molar-refractivity contribution < 1.29 is 27.4 Å². The second kappa shape index (κ2) is 9.33. The Morgan fingerprint density at radius 2 is 1.75 bits per heavy atom. The largest absolute Gasteiger partial charge is 0.497 e. The van der Waals surface area contributed by atoms with Crippen molar-refractivity contribution in [3.8, 4) is 11.4 Å². The van der Waals surface area contributed by atoms with E-state index in [9.17, 15) is 27.6 Å². The van der Waals surface area contributed by atoms with Crippen LogP contribution < -0.4 is 16.0 Å². The molecule has 2 aromatic carbocycles. The first-order chi connectivity index (χ1) is 17.0. The number of hydrogen-bond acceptors (Lipinski definition) is 6. The second-order valence-electron chi connectivity index (χ2n) is 7.91. The molecule has 4 aromatic rings. The van der Waals surface area contributed by atoms with Gasteiger partial charge >= 0.3 is 17.8 Å². The van der Waals surface area contributed by atoms with Crippen LogP contribution in [-0.2, 0) is 17.5 Å². The van der Waals surface area contributed by atoms with Gasteiger partial charge in [-0.25, -0.2) is 19.1 Å². The summed E-state index contributed by atoms with van der Waals surface area (Å²) in [6, 6.07) is 12.0. The third-order valence-corrected chi connectivity index (χ3v) is 5.53. The average molecular weight is 499 g/mol. The van der Waals surface area contributed by atoms with Crippen molar-refractivity contribution in [1.82, 2.24) is 14.1 Å². The lowest BCUT2D eigenvalue weighted by Gasteiger charge is -2.16. The summed E-state index contributed by atoms with van der Waals surface area (Å²) in [7, 11) is 2.58. The highest BCUT2D eigenvalue weighted by atomic mass is 19.4. The van der Waals surface area contributed by atoms with E-state index in [4.69, 9.17) is 9.47 Å². The van der Waals surface area contributed by atoms with E-state index in [1.54, 1.807) is 25.1 Å². The number of aryl methyl sites for hydroxylation is 1. The Morgan fingerprint density at radius 3 is 2.42 bits per heavy atom. The van der Waals surface area contributed by atoms with Crippen LogP contribution in [0.4, 0.5) is 13.2 Å². The molecule has 0 spiro atoms. The van der Waals surface area contributed by atoms with Crippen LogP contribution in [0.2, 0.25) is 0 Å². The van der Waals surface area contributed by atoms with E-state index in [2.05, 4.69) is 4.98 Å². The third-order valence-electron chi connectivity index (χ3n) is 5.53. The standard InChI is InChI=1S/C25H20F3N3O5/c1-14-10-19(23(33)36-3)20-21(29-14)31(17-8-5-9-18(12-17)35-2)24(34)30(22(20)32)13-15-6-4-7-16(11-15)25(26,27)28/h4-12H,13H2,1-3H3. The zero-order valence-corrected chi connectivity index (χ0v) is 19.4. The molecule has 0 bridgehead atoms. The van der Waals surface area contributed by atoms with E-state index in [1.807, 2.05) is 0 Å². The minimum absolute atomic E-state index is 0.0697. The van der Waals surface area contributed by atoms with E-state index in [-0.39, 0.29) is 27.8 Å². The highest BCUT2D eigenvalue weighted by Gasteiger charge is 2.30. The molecule has 11 heteroatoms. The molecule has 2 aromatic heterocycles. The lowest BCUT2D eigenvalue weighted by atomic mass is 10.1. The molecule has 36 heavy (non-hydrogen) atoms. The number of fused-ring (bicyclic) bond motifs is 1. The van der Waals surface area contributed by atoms with E-state index in [0.717, 1.165) is 28.4 Å². The molecule has 0 N–H and O–H groups in total. The summed E-state index contributed by atoms with van der Waals surface area (Å²) in [6.45, 7) is 1.11. The molecule has 186 valence electrons. The summed E-state index contributed by atoms with van der Waals surface area (Å²) >= 11 is 0. The van der Waals surface area contributed by atoms with Crippen LogP contribution in [0, 0.1) is 6.92 Å². The first kappa shape index (κ1) is 24.7. The molecular weight excluding hydrogens is 479 g/mol. The van der Waals surface area contributed by atoms with Gasteiger partial charge in [0.1, 0.15) is 5.75 Å². The summed E-state index contributed by atoms with van der Waals surface area (Å²) in [6.07, 6.45) is -4.61. The molecule has 0 saturated heterocycles. The lowest BCUT2D eigenvalue weighted by molar-refractivity contribution is -0.137. The second-order valence-corrected chi connectivity index (χ2v) is 7.91. The average Bonchev–Trinajstić information content (AvgIpc) is 2.85. The number of hydrogen-bond donors (Lipinski definition) is 0. The zero-order valence-electron chi connectivity index (χ0n) is 19.4. The van der Waals surface area contributed by atoms with Gasteiger partial charge in [-0.1, -0.05) is 18.2 Å². The first-order valence-electron chi connectivity index (χ1n) is 10.6. The molecule has 0 radical (unpaired) electrons. The highest BCUT2D eigenvalue weighted by molar-refractivity contribution is 6.02. The van der Waals surface area contributed by atoms with Gasteiger partial charge in [0.25, 0.3) is 5.56 Å². The molecule has 2 heterocycles. The number of rotatable bonds is 5. The molecule has 0 aliphatic carbocycles. The van der Waals surface area contributed by atoms with Gasteiger partial charge < -0.3 is 9.47 Å². The van der Waals surface area contributed by atoms with Crippen molar-refractivity contribution in [2.45, 2.75) is 19.6 Å². The Kier molecular flexibility index (Phi) is 6.40. The number of pyridine rings is 1. The van der Waals surface area contributed by atoms with Gasteiger partial charge in [-0.15, -0.1) is 0 Å². The summed E-state index contributed by atoms with van der Waals surface area (Å²) in [5.74, 6) is -0.423. The third kappa shape index (κ3) is 4.47. The number of alkyl halides is 3. The van der Waals surface area contributed by atoms with Crippen LogP contribution >= 0.6 is 0 Å². The number of esters is 1. The minimum Gasteiger partial charge on any atom is -0.497 e. The van der Waals surface area contributed by atoms with Crippen LogP contribution in [0.3, 0.4) is 0 Å². The molecule has 0 unspecified atom stereocenters. The van der Waals surface area contributed by atoms with E-state index >= 15 is 0 Å². The molecule has 4 rings (SSSR count).